The van der Waals surface area contributed by atoms with Crippen molar-refractivity contribution in [1.82, 2.24) is 0 Å². The molecule has 0 aliphatic carbocycles. The lowest BCUT2D eigenvalue weighted by Crippen LogP contribution is -2.21. The number of carbonyl (C=O) groups is 1. The van der Waals surface area contributed by atoms with Crippen molar-refractivity contribution in [3.8, 4) is 5.75 Å². The van der Waals surface area contributed by atoms with Gasteiger partial charge in [-0.05, 0) is 18.2 Å². The van der Waals surface area contributed by atoms with Gasteiger partial charge in [-0.2, -0.15) is 0 Å². The van der Waals surface area contributed by atoms with Gasteiger partial charge >= 0.3 is 5.97 Å². The Morgan fingerprint density at radius 1 is 1.47 bits per heavy atom. The Labute approximate surface area is 96.9 Å². The first-order valence-corrected chi connectivity index (χ1v) is 5.33. The van der Waals surface area contributed by atoms with Crippen molar-refractivity contribution in [1.29, 1.82) is 0 Å². The molecule has 0 fully saturated rings. The summed E-state index contributed by atoms with van der Waals surface area (Å²) in [5.41, 5.74) is 0.0546. The van der Waals surface area contributed by atoms with Crippen LogP contribution in [0.15, 0.2) is 22.7 Å². The van der Waals surface area contributed by atoms with Crippen LogP contribution in [0, 0.1) is 0 Å². The van der Waals surface area contributed by atoms with Crippen LogP contribution >= 0.6 is 15.9 Å². The van der Waals surface area contributed by atoms with Crippen LogP contribution in [0.25, 0.3) is 0 Å². The van der Waals surface area contributed by atoms with Crippen LogP contribution in [0.4, 0.5) is 0 Å². The lowest BCUT2D eigenvalue weighted by atomic mass is 9.81. The smallest absolute Gasteiger partial charge is 0.304 e. The van der Waals surface area contributed by atoms with Gasteiger partial charge in [0.1, 0.15) is 5.75 Å². The zero-order chi connectivity index (χ0) is 11.6. The monoisotopic (exact) mass is 272 g/mol. The van der Waals surface area contributed by atoms with Crippen molar-refractivity contribution in [3.63, 3.8) is 0 Å². The van der Waals surface area contributed by atoms with Gasteiger partial charge in [0.05, 0.1) is 6.42 Å². The fraction of sp³-hybridized carbons (Fsp3) is 0.364. The molecule has 4 heteroatoms. The molecule has 0 radical (unpaired) electrons. The number of rotatable bonds is 3. The molecule has 0 bridgehead atoms. The fourth-order valence-corrected chi connectivity index (χ4v) is 1.88. The standard InChI is InChI=1S/C11H13BrO3/c1-11(2,6-10(14)15)8-5-7(12)3-4-9(8)13/h3-5,13H,6H2,1-2H3,(H,14,15). The normalized spacial score (nSPS) is 11.4. The zero-order valence-electron chi connectivity index (χ0n) is 8.62. The van der Waals surface area contributed by atoms with Gasteiger partial charge in [-0.15, -0.1) is 0 Å². The Morgan fingerprint density at radius 2 is 2.07 bits per heavy atom. The molecule has 0 atom stereocenters. The molecule has 1 aromatic carbocycles. The number of carboxylic acid groups (broad SMARTS) is 1. The number of aromatic hydroxyl groups is 1. The number of aliphatic carboxylic acids is 1. The van der Waals surface area contributed by atoms with Crippen molar-refractivity contribution in [2.45, 2.75) is 25.7 Å². The van der Waals surface area contributed by atoms with E-state index in [1.807, 2.05) is 0 Å². The van der Waals surface area contributed by atoms with Crippen molar-refractivity contribution in [2.24, 2.45) is 0 Å². The lowest BCUT2D eigenvalue weighted by Gasteiger charge is -2.24. The third-order valence-electron chi connectivity index (χ3n) is 2.28. The summed E-state index contributed by atoms with van der Waals surface area (Å²) in [4.78, 5) is 10.7. The minimum atomic E-state index is -0.876. The molecule has 0 spiro atoms. The summed E-state index contributed by atoms with van der Waals surface area (Å²) in [6, 6.07) is 5.02. The summed E-state index contributed by atoms with van der Waals surface area (Å²) < 4.78 is 0.828. The Balaban J connectivity index is 3.13. The SMILES string of the molecule is CC(C)(CC(=O)O)c1cc(Br)ccc1O. The highest BCUT2D eigenvalue weighted by Gasteiger charge is 2.27. The van der Waals surface area contributed by atoms with Crippen LogP contribution in [0.2, 0.25) is 0 Å². The van der Waals surface area contributed by atoms with E-state index >= 15 is 0 Å². The van der Waals surface area contributed by atoms with Gasteiger partial charge in [0.25, 0.3) is 0 Å². The predicted octanol–water partition coefficient (Wildman–Crippen LogP) is 2.91. The number of hydrogen-bond acceptors (Lipinski definition) is 2. The maximum Gasteiger partial charge on any atom is 0.304 e. The highest BCUT2D eigenvalue weighted by molar-refractivity contribution is 9.10. The molecule has 0 aliphatic rings. The summed E-state index contributed by atoms with van der Waals surface area (Å²) in [5, 5.41) is 18.4. The predicted molar refractivity (Wildman–Crippen MR) is 61.1 cm³/mol. The van der Waals surface area contributed by atoms with Gasteiger partial charge in [-0.3, -0.25) is 4.79 Å². The molecule has 0 saturated heterocycles. The maximum atomic E-state index is 10.7. The van der Waals surface area contributed by atoms with Crippen LogP contribution in [-0.2, 0) is 10.2 Å². The Hall–Kier alpha value is -1.03. The summed E-state index contributed by atoms with van der Waals surface area (Å²) in [6.45, 7) is 3.59. The summed E-state index contributed by atoms with van der Waals surface area (Å²) in [7, 11) is 0. The minimum absolute atomic E-state index is 0.0169. The van der Waals surface area contributed by atoms with Crippen molar-refractivity contribution in [2.75, 3.05) is 0 Å². The van der Waals surface area contributed by atoms with E-state index in [1.165, 1.54) is 0 Å². The van der Waals surface area contributed by atoms with E-state index < -0.39 is 11.4 Å². The summed E-state index contributed by atoms with van der Waals surface area (Å²) >= 11 is 3.30. The third kappa shape index (κ3) is 2.96. The third-order valence-corrected chi connectivity index (χ3v) is 2.77. The largest absolute Gasteiger partial charge is 0.508 e. The number of carboxylic acids is 1. The molecule has 0 aromatic heterocycles. The van der Waals surface area contributed by atoms with Gasteiger partial charge in [0.2, 0.25) is 0 Å². The zero-order valence-corrected chi connectivity index (χ0v) is 10.2. The van der Waals surface area contributed by atoms with Gasteiger partial charge in [0, 0.05) is 15.5 Å². The molecule has 15 heavy (non-hydrogen) atoms. The average Bonchev–Trinajstić information content (AvgIpc) is 2.06. The summed E-state index contributed by atoms with van der Waals surface area (Å²) in [6.07, 6.45) is -0.0169. The van der Waals surface area contributed by atoms with Crippen LogP contribution in [0.5, 0.6) is 5.75 Å². The Bertz CT molecular complexity index is 385. The van der Waals surface area contributed by atoms with Crippen molar-refractivity contribution < 1.29 is 15.0 Å². The van der Waals surface area contributed by atoms with Crippen LogP contribution in [0.3, 0.4) is 0 Å². The number of halogens is 1. The highest BCUT2D eigenvalue weighted by atomic mass is 79.9. The van der Waals surface area contributed by atoms with E-state index in [2.05, 4.69) is 15.9 Å². The molecular weight excluding hydrogens is 260 g/mol. The first-order chi connectivity index (χ1) is 6.83. The number of hydrogen-bond donors (Lipinski definition) is 2. The Morgan fingerprint density at radius 3 is 2.60 bits per heavy atom. The van der Waals surface area contributed by atoms with Crippen molar-refractivity contribution >= 4 is 21.9 Å². The van der Waals surface area contributed by atoms with E-state index in [4.69, 9.17) is 5.11 Å². The molecule has 0 aliphatic heterocycles. The van der Waals surface area contributed by atoms with E-state index in [0.29, 0.717) is 5.56 Å². The molecule has 0 heterocycles. The first-order valence-electron chi connectivity index (χ1n) is 4.54. The molecule has 0 saturated carbocycles. The van der Waals surface area contributed by atoms with Crippen molar-refractivity contribution in [3.05, 3.63) is 28.2 Å². The molecule has 1 rings (SSSR count). The van der Waals surface area contributed by atoms with Crippen LogP contribution < -0.4 is 0 Å². The minimum Gasteiger partial charge on any atom is -0.508 e. The molecule has 2 N–H and O–H groups in total. The second-order valence-corrected chi connectivity index (χ2v) is 5.03. The van der Waals surface area contributed by atoms with E-state index in [-0.39, 0.29) is 12.2 Å². The van der Waals surface area contributed by atoms with E-state index in [1.54, 1.807) is 32.0 Å². The topological polar surface area (TPSA) is 57.5 Å². The van der Waals surface area contributed by atoms with Gasteiger partial charge in [-0.25, -0.2) is 0 Å². The quantitative estimate of drug-likeness (QED) is 0.890. The second kappa shape index (κ2) is 4.23. The van der Waals surface area contributed by atoms with E-state index in [9.17, 15) is 9.90 Å². The molecule has 0 amide bonds. The molecule has 3 nitrogen and oxygen atoms in total. The lowest BCUT2D eigenvalue weighted by molar-refractivity contribution is -0.138. The molecular formula is C11H13BrO3. The molecule has 1 aromatic rings. The fourth-order valence-electron chi connectivity index (χ4n) is 1.52. The van der Waals surface area contributed by atoms with E-state index in [0.717, 1.165) is 4.47 Å². The van der Waals surface area contributed by atoms with Crippen LogP contribution in [-0.4, -0.2) is 16.2 Å². The second-order valence-electron chi connectivity index (χ2n) is 4.12. The number of phenols is 1. The average molecular weight is 273 g/mol. The van der Waals surface area contributed by atoms with Gasteiger partial charge in [-0.1, -0.05) is 29.8 Å². The first kappa shape index (κ1) is 12.0. The van der Waals surface area contributed by atoms with Gasteiger partial charge in [0.15, 0.2) is 0 Å². The van der Waals surface area contributed by atoms with Gasteiger partial charge < -0.3 is 10.2 Å². The molecule has 82 valence electrons. The number of benzene rings is 1. The van der Waals surface area contributed by atoms with Crippen LogP contribution in [0.1, 0.15) is 25.8 Å². The summed E-state index contributed by atoms with van der Waals surface area (Å²) in [5.74, 6) is -0.746. The highest BCUT2D eigenvalue weighted by Crippen LogP contribution is 2.35. The number of phenolic OH excluding ortho intramolecular Hbond substituents is 1. The molecule has 0 unspecified atom stereocenters. The Kier molecular flexibility index (Phi) is 3.39. The maximum absolute atomic E-state index is 10.7.